The van der Waals surface area contributed by atoms with Gasteiger partial charge in [0.25, 0.3) is 0 Å². The summed E-state index contributed by atoms with van der Waals surface area (Å²) >= 11 is 0. The Bertz CT molecular complexity index is 1670. The van der Waals surface area contributed by atoms with Crippen LogP contribution in [0.25, 0.3) is 0 Å². The number of benzene rings is 4. The van der Waals surface area contributed by atoms with Crippen LogP contribution in [0.1, 0.15) is 88.5 Å². The van der Waals surface area contributed by atoms with Gasteiger partial charge in [0.15, 0.2) is 0 Å². The number of aliphatic hydroxyl groups is 2. The number of rotatable bonds is 18. The summed E-state index contributed by atoms with van der Waals surface area (Å²) in [5, 5.41) is 32.6. The Balaban J connectivity index is 1.57. The molecule has 10 heteroatoms. The first-order chi connectivity index (χ1) is 27.2. The number of ether oxygens (including phenoxy) is 4. The van der Waals surface area contributed by atoms with Crippen LogP contribution in [0, 0.1) is 17.3 Å². The lowest BCUT2D eigenvalue weighted by Crippen LogP contribution is -2.61. The Kier molecular flexibility index (Phi) is 14.0. The van der Waals surface area contributed by atoms with E-state index in [-0.39, 0.29) is 11.8 Å². The highest BCUT2D eigenvalue weighted by atomic mass is 16.5. The highest BCUT2D eigenvalue weighted by Crippen LogP contribution is 2.44. The number of nitrogens with one attached hydrogen (secondary N) is 2. The van der Waals surface area contributed by atoms with E-state index in [1.54, 1.807) is 126 Å². The summed E-state index contributed by atoms with van der Waals surface area (Å²) in [5.74, 6) is 1.72. The number of hydrogen-bond acceptors (Lipinski definition) is 8. The smallest absolute Gasteiger partial charge is 0.236 e. The van der Waals surface area contributed by atoms with Crippen molar-refractivity contribution in [3.8, 4) is 23.0 Å². The molecule has 0 radical (unpaired) electrons. The van der Waals surface area contributed by atoms with E-state index in [9.17, 15) is 10.2 Å². The minimum absolute atomic E-state index is 0.0612. The van der Waals surface area contributed by atoms with Gasteiger partial charge in [-0.25, -0.2) is 0 Å². The van der Waals surface area contributed by atoms with Crippen LogP contribution in [0.3, 0.4) is 0 Å². The maximum Gasteiger partial charge on any atom is 0.236 e. The predicted molar refractivity (Wildman–Crippen MR) is 222 cm³/mol. The Morgan fingerprint density at radius 3 is 0.982 bits per heavy atom. The molecule has 0 aliphatic heterocycles. The van der Waals surface area contributed by atoms with Gasteiger partial charge in [-0.1, -0.05) is 89.1 Å². The van der Waals surface area contributed by atoms with Crippen LogP contribution in [-0.4, -0.2) is 62.6 Å². The fourth-order valence-electron chi connectivity index (χ4n) is 8.26. The monoisotopic (exact) mass is 780 g/mol. The number of carbonyl (C=O) groups excluding carboxylic acids is 2. The lowest BCUT2D eigenvalue weighted by Gasteiger charge is -2.42. The number of methoxy groups -OCH3 is 4. The second-order valence-corrected chi connectivity index (χ2v) is 16.0. The number of carbonyl (C=O) groups is 2. The molecule has 0 bridgehead atoms. The molecule has 57 heavy (non-hydrogen) atoms. The van der Waals surface area contributed by atoms with Gasteiger partial charge in [0.05, 0.1) is 40.5 Å². The van der Waals surface area contributed by atoms with E-state index in [0.29, 0.717) is 83.8 Å². The van der Waals surface area contributed by atoms with E-state index in [2.05, 4.69) is 10.6 Å². The fourth-order valence-corrected chi connectivity index (χ4v) is 8.26. The zero-order chi connectivity index (χ0) is 41.4. The lowest BCUT2D eigenvalue weighted by molar-refractivity contribution is -0.146. The molecule has 2 atom stereocenters. The third-order valence-electron chi connectivity index (χ3n) is 11.5. The fraction of sp³-hybridized carbons (Fsp3) is 0.447. The van der Waals surface area contributed by atoms with Gasteiger partial charge < -0.3 is 39.8 Å². The summed E-state index contributed by atoms with van der Waals surface area (Å²) < 4.78 is 21.7. The number of hydrogen-bond donors (Lipinski definition) is 4. The highest BCUT2D eigenvalue weighted by Gasteiger charge is 2.53. The van der Waals surface area contributed by atoms with Gasteiger partial charge in [-0.3, -0.25) is 9.59 Å². The van der Waals surface area contributed by atoms with Crippen molar-refractivity contribution in [2.45, 2.75) is 89.5 Å². The predicted octanol–water partition coefficient (Wildman–Crippen LogP) is 7.52. The number of amides is 2. The van der Waals surface area contributed by atoms with Crippen molar-refractivity contribution in [3.05, 3.63) is 119 Å². The molecule has 4 N–H and O–H groups in total. The third kappa shape index (κ3) is 9.08. The average molecular weight is 781 g/mol. The Labute approximate surface area is 337 Å². The van der Waals surface area contributed by atoms with Crippen molar-refractivity contribution >= 4 is 11.8 Å². The van der Waals surface area contributed by atoms with Crippen molar-refractivity contribution in [2.24, 2.45) is 17.3 Å². The summed E-state index contributed by atoms with van der Waals surface area (Å²) in [6, 6.07) is 27.0. The van der Waals surface area contributed by atoms with Crippen LogP contribution in [0.2, 0.25) is 0 Å². The normalized spacial score (nSPS) is 15.2. The molecular formula is C47H60N2O8. The molecule has 0 saturated heterocycles. The standard InChI is InChI=1S/C47H60N2O8/c1-31(2)29-41(46(52,33-11-19-37(54-5)20-12-33)34-13-21-38(55-6)22-14-34)48-43(50)45(27-9-10-28-45)44(51)49-42(30-32(3)4)47(53,35-15-23-39(56-7)24-16-35)36-17-25-40(57-8)26-18-36/h11-26,31-32,41-42,52-53H,9-10,27-30H2,1-8H3,(H,48,50)(H,49,51)/t41-,42-/m1/s1. The van der Waals surface area contributed by atoms with E-state index < -0.39 is 40.5 Å². The third-order valence-corrected chi connectivity index (χ3v) is 11.5. The average Bonchev–Trinajstić information content (AvgIpc) is 3.74. The Morgan fingerprint density at radius 1 is 0.526 bits per heavy atom. The van der Waals surface area contributed by atoms with Gasteiger partial charge in [0.1, 0.15) is 39.6 Å². The summed E-state index contributed by atoms with van der Waals surface area (Å²) in [6.45, 7) is 8.15. The molecular weight excluding hydrogens is 721 g/mol. The van der Waals surface area contributed by atoms with Crippen molar-refractivity contribution in [2.75, 3.05) is 28.4 Å². The SMILES string of the molecule is COc1ccc(C(O)(c2ccc(OC)cc2)[C@@H](CC(C)C)NC(=O)C2(C(=O)N[C@H](CC(C)C)C(O)(c3ccc(OC)cc3)c3ccc(OC)cc3)CCCC2)cc1. The van der Waals surface area contributed by atoms with E-state index in [1.807, 2.05) is 27.7 Å². The molecule has 0 unspecified atom stereocenters. The van der Waals surface area contributed by atoms with Gasteiger partial charge in [0, 0.05) is 0 Å². The van der Waals surface area contributed by atoms with Crippen LogP contribution in [0.15, 0.2) is 97.1 Å². The van der Waals surface area contributed by atoms with Crippen molar-refractivity contribution in [3.63, 3.8) is 0 Å². The lowest BCUT2D eigenvalue weighted by atomic mass is 9.75. The summed E-state index contributed by atoms with van der Waals surface area (Å²) in [5.41, 5.74) is -2.60. The van der Waals surface area contributed by atoms with Gasteiger partial charge in [-0.15, -0.1) is 0 Å². The summed E-state index contributed by atoms with van der Waals surface area (Å²) in [4.78, 5) is 30.1. The van der Waals surface area contributed by atoms with Crippen LogP contribution in [0.5, 0.6) is 23.0 Å². The first kappa shape index (κ1) is 43.1. The molecule has 1 saturated carbocycles. The zero-order valence-corrected chi connectivity index (χ0v) is 34.6. The molecule has 5 rings (SSSR count). The molecule has 306 valence electrons. The first-order valence-corrected chi connectivity index (χ1v) is 19.9. The quantitative estimate of drug-likeness (QED) is 0.0763. The minimum Gasteiger partial charge on any atom is -0.497 e. The largest absolute Gasteiger partial charge is 0.497 e. The van der Waals surface area contributed by atoms with Gasteiger partial charge >= 0.3 is 0 Å². The minimum atomic E-state index is -1.70. The molecule has 4 aromatic rings. The zero-order valence-electron chi connectivity index (χ0n) is 34.6. The van der Waals surface area contributed by atoms with E-state index in [4.69, 9.17) is 18.9 Å². The second kappa shape index (κ2) is 18.5. The summed E-state index contributed by atoms with van der Waals surface area (Å²) in [7, 11) is 6.33. The van der Waals surface area contributed by atoms with Crippen molar-refractivity contribution in [1.82, 2.24) is 10.6 Å². The molecule has 1 aliphatic carbocycles. The molecule has 1 aliphatic rings. The van der Waals surface area contributed by atoms with Crippen LogP contribution in [-0.2, 0) is 20.8 Å². The van der Waals surface area contributed by atoms with E-state index in [1.165, 1.54) is 0 Å². The molecule has 0 heterocycles. The van der Waals surface area contributed by atoms with E-state index >= 15 is 9.59 Å². The molecule has 4 aromatic carbocycles. The van der Waals surface area contributed by atoms with Gasteiger partial charge in [0.2, 0.25) is 11.8 Å². The van der Waals surface area contributed by atoms with E-state index in [0.717, 1.165) is 0 Å². The molecule has 1 fully saturated rings. The Morgan fingerprint density at radius 2 is 0.772 bits per heavy atom. The maximum atomic E-state index is 15.0. The topological polar surface area (TPSA) is 136 Å². The maximum absolute atomic E-state index is 15.0. The second-order valence-electron chi connectivity index (χ2n) is 16.0. The molecule has 10 nitrogen and oxygen atoms in total. The van der Waals surface area contributed by atoms with Gasteiger partial charge in [-0.05, 0) is 108 Å². The first-order valence-electron chi connectivity index (χ1n) is 19.9. The summed E-state index contributed by atoms with van der Waals surface area (Å²) in [6.07, 6.45) is 2.80. The van der Waals surface area contributed by atoms with Gasteiger partial charge in [-0.2, -0.15) is 0 Å². The van der Waals surface area contributed by atoms with Crippen molar-refractivity contribution in [1.29, 1.82) is 0 Å². The van der Waals surface area contributed by atoms with Crippen molar-refractivity contribution < 1.29 is 38.7 Å². The molecule has 2 amide bonds. The van der Waals surface area contributed by atoms with Crippen LogP contribution in [0.4, 0.5) is 0 Å². The van der Waals surface area contributed by atoms with Crippen LogP contribution >= 0.6 is 0 Å². The molecule has 0 spiro atoms. The highest BCUT2D eigenvalue weighted by molar-refractivity contribution is 6.05. The molecule has 0 aromatic heterocycles. The Hall–Kier alpha value is -5.06. The van der Waals surface area contributed by atoms with Crippen LogP contribution < -0.4 is 29.6 Å².